The van der Waals surface area contributed by atoms with E-state index < -0.39 is 19.5 Å². The highest BCUT2D eigenvalue weighted by molar-refractivity contribution is 14.1. The topological polar surface area (TPSA) is 93.4 Å². The molecule has 0 bridgehead atoms. The molecule has 1 fully saturated rings. The number of carbonyl (C=O) groups is 1. The van der Waals surface area contributed by atoms with Gasteiger partial charge in [-0.3, -0.25) is 4.79 Å². The molecule has 2 heterocycles. The highest BCUT2D eigenvalue weighted by atomic mass is 127. The van der Waals surface area contributed by atoms with Gasteiger partial charge in [0.05, 0.1) is 14.5 Å². The molecule has 2 aromatic carbocycles. The predicted molar refractivity (Wildman–Crippen MR) is 117 cm³/mol. The van der Waals surface area contributed by atoms with Gasteiger partial charge in [0.1, 0.15) is 10.7 Å². The minimum absolute atomic E-state index is 0.00477. The molecular formula is C19H17ClIN3O4S. The number of nitrogens with zero attached hydrogens (tertiary/aromatic N) is 3. The number of carbonyl (C=O) groups excluding carboxylic acids is 1. The number of aromatic nitrogens is 2. The van der Waals surface area contributed by atoms with Crippen LogP contribution < -0.4 is 0 Å². The molecule has 10 heteroatoms. The van der Waals surface area contributed by atoms with Gasteiger partial charge in [0, 0.05) is 6.54 Å². The van der Waals surface area contributed by atoms with Gasteiger partial charge in [0.25, 0.3) is 0 Å². The molecule has 2 unspecified atom stereocenters. The molecule has 152 valence electrons. The third-order valence-electron chi connectivity index (χ3n) is 5.50. The Morgan fingerprint density at radius 3 is 2.55 bits per heavy atom. The van der Waals surface area contributed by atoms with Crippen molar-refractivity contribution >= 4 is 61.0 Å². The van der Waals surface area contributed by atoms with Crippen molar-refractivity contribution in [3.05, 3.63) is 53.1 Å². The van der Waals surface area contributed by atoms with E-state index in [1.807, 2.05) is 30.3 Å². The largest absolute Gasteiger partial charge is 0.299 e. The number of piperidine rings is 1. The fourth-order valence-electron chi connectivity index (χ4n) is 3.89. The quantitative estimate of drug-likeness (QED) is 0.280. The van der Waals surface area contributed by atoms with Gasteiger partial charge in [0.15, 0.2) is 11.0 Å². The lowest BCUT2D eigenvalue weighted by atomic mass is 9.70. The van der Waals surface area contributed by atoms with E-state index >= 15 is 0 Å². The van der Waals surface area contributed by atoms with Crippen LogP contribution in [-0.4, -0.2) is 39.4 Å². The monoisotopic (exact) mass is 545 g/mol. The van der Waals surface area contributed by atoms with E-state index in [0.29, 0.717) is 12.8 Å². The maximum atomic E-state index is 13.4. The Kier molecular flexibility index (Phi) is 5.43. The number of alkyl halides is 1. The summed E-state index contributed by atoms with van der Waals surface area (Å²) in [4.78, 5) is 12.6. The lowest BCUT2D eigenvalue weighted by Gasteiger charge is -2.43. The van der Waals surface area contributed by atoms with Gasteiger partial charge in [-0.1, -0.05) is 64.5 Å². The third-order valence-corrected chi connectivity index (χ3v) is 9.24. The Balaban J connectivity index is 1.72. The van der Waals surface area contributed by atoms with Crippen molar-refractivity contribution in [2.75, 3.05) is 6.54 Å². The molecule has 2 atom stereocenters. The summed E-state index contributed by atoms with van der Waals surface area (Å²) in [7, 11) is -3.89. The number of sulfonamides is 1. The van der Waals surface area contributed by atoms with Crippen molar-refractivity contribution in [1.29, 1.82) is 0 Å². The van der Waals surface area contributed by atoms with E-state index in [0.717, 1.165) is 5.56 Å². The molecule has 0 saturated carbocycles. The van der Waals surface area contributed by atoms with Gasteiger partial charge < -0.3 is 0 Å². The number of hydrogen-bond donors (Lipinski definition) is 0. The van der Waals surface area contributed by atoms with E-state index in [1.165, 1.54) is 16.4 Å². The average Bonchev–Trinajstić information content (AvgIpc) is 3.19. The Morgan fingerprint density at radius 2 is 1.90 bits per heavy atom. The second kappa shape index (κ2) is 7.60. The van der Waals surface area contributed by atoms with Gasteiger partial charge in [-0.25, -0.2) is 13.0 Å². The summed E-state index contributed by atoms with van der Waals surface area (Å²) in [6.45, 7) is 1.78. The van der Waals surface area contributed by atoms with Crippen molar-refractivity contribution in [3.8, 4) is 0 Å². The van der Waals surface area contributed by atoms with Crippen LogP contribution in [0, 0.1) is 0 Å². The molecule has 1 aliphatic heterocycles. The van der Waals surface area contributed by atoms with Crippen molar-refractivity contribution < 1.29 is 17.8 Å². The second-order valence-electron chi connectivity index (χ2n) is 7.02. The van der Waals surface area contributed by atoms with E-state index in [2.05, 4.69) is 32.9 Å². The first-order chi connectivity index (χ1) is 13.8. The molecule has 1 saturated heterocycles. The molecule has 1 aliphatic rings. The van der Waals surface area contributed by atoms with Gasteiger partial charge in [-0.2, -0.15) is 4.31 Å². The summed E-state index contributed by atoms with van der Waals surface area (Å²) in [5.41, 5.74) is 0.523. The molecule has 29 heavy (non-hydrogen) atoms. The van der Waals surface area contributed by atoms with Crippen LogP contribution in [0.2, 0.25) is 5.02 Å². The second-order valence-corrected chi connectivity index (χ2v) is 10.7. The van der Waals surface area contributed by atoms with Crippen molar-refractivity contribution in [2.45, 2.75) is 34.1 Å². The molecule has 4 rings (SSSR count). The molecule has 0 N–H and O–H groups in total. The molecular weight excluding hydrogens is 529 g/mol. The first-order valence-electron chi connectivity index (χ1n) is 8.90. The van der Waals surface area contributed by atoms with E-state index in [1.54, 1.807) is 6.92 Å². The summed E-state index contributed by atoms with van der Waals surface area (Å²) >= 11 is 8.16. The molecule has 3 aromatic rings. The minimum atomic E-state index is -3.89. The van der Waals surface area contributed by atoms with Gasteiger partial charge in [-0.15, -0.1) is 0 Å². The van der Waals surface area contributed by atoms with Gasteiger partial charge in [0.2, 0.25) is 10.0 Å². The fourth-order valence-corrected chi connectivity index (χ4v) is 7.59. The normalized spacial score (nSPS) is 23.3. The van der Waals surface area contributed by atoms with Gasteiger partial charge in [-0.05, 0) is 47.8 Å². The standard InChI is InChI=1S/C19H17ClIN3O4S/c1-12(25)19(13-5-3-2-4-6-13)9-10-24(16(21)11-19)29(26,27)15-8-7-14(20)17-18(15)23-28-22-17/h2-8,16H,9-11H2,1H3. The Labute approximate surface area is 186 Å². The van der Waals surface area contributed by atoms with Crippen LogP contribution >= 0.6 is 34.2 Å². The summed E-state index contributed by atoms with van der Waals surface area (Å²) < 4.78 is 32.5. The number of hydrogen-bond acceptors (Lipinski definition) is 6. The number of fused-ring (bicyclic) bond motifs is 1. The van der Waals surface area contributed by atoms with Crippen LogP contribution in [0.3, 0.4) is 0 Å². The van der Waals surface area contributed by atoms with Crippen LogP contribution in [0.15, 0.2) is 52.0 Å². The highest BCUT2D eigenvalue weighted by Gasteiger charge is 2.47. The smallest absolute Gasteiger partial charge is 0.246 e. The van der Waals surface area contributed by atoms with Crippen molar-refractivity contribution in [1.82, 2.24) is 14.6 Å². The van der Waals surface area contributed by atoms with Crippen LogP contribution in [0.5, 0.6) is 0 Å². The predicted octanol–water partition coefficient (Wildman–Crippen LogP) is 3.95. The maximum absolute atomic E-state index is 13.4. The highest BCUT2D eigenvalue weighted by Crippen LogP contribution is 2.43. The van der Waals surface area contributed by atoms with E-state index in [4.69, 9.17) is 16.2 Å². The van der Waals surface area contributed by atoms with Crippen molar-refractivity contribution in [3.63, 3.8) is 0 Å². The maximum Gasteiger partial charge on any atom is 0.246 e. The zero-order valence-corrected chi connectivity index (χ0v) is 19.1. The number of Topliss-reactive ketones (excluding diaryl/α,β-unsaturated/α-hetero) is 1. The summed E-state index contributed by atoms with van der Waals surface area (Å²) in [6.07, 6.45) is 0.790. The van der Waals surface area contributed by atoms with Crippen LogP contribution in [0.25, 0.3) is 11.0 Å². The zero-order chi connectivity index (χ0) is 20.8. The first-order valence-corrected chi connectivity index (χ1v) is 12.0. The fraction of sp³-hybridized carbons (Fsp3) is 0.316. The molecule has 1 aromatic heterocycles. The summed E-state index contributed by atoms with van der Waals surface area (Å²) in [6, 6.07) is 12.4. The summed E-state index contributed by atoms with van der Waals surface area (Å²) in [5, 5.41) is 7.70. The van der Waals surface area contributed by atoms with Crippen LogP contribution in [0.4, 0.5) is 0 Å². The zero-order valence-electron chi connectivity index (χ0n) is 15.4. The Morgan fingerprint density at radius 1 is 1.21 bits per heavy atom. The first kappa shape index (κ1) is 20.7. The van der Waals surface area contributed by atoms with E-state index in [9.17, 15) is 13.2 Å². The van der Waals surface area contributed by atoms with Gasteiger partial charge >= 0.3 is 0 Å². The molecule has 0 spiro atoms. The SMILES string of the molecule is CC(=O)C1(c2ccccc2)CCN(S(=O)(=O)c2ccc(Cl)c3nonc23)C(I)C1. The lowest BCUT2D eigenvalue weighted by molar-refractivity contribution is -0.124. The summed E-state index contributed by atoms with van der Waals surface area (Å²) in [5.74, 6) is 0.0389. The molecule has 7 nitrogen and oxygen atoms in total. The number of rotatable bonds is 4. The number of benzene rings is 2. The molecule has 0 amide bonds. The van der Waals surface area contributed by atoms with Crippen LogP contribution in [0.1, 0.15) is 25.3 Å². The Bertz CT molecular complexity index is 1180. The third kappa shape index (κ3) is 3.37. The lowest BCUT2D eigenvalue weighted by Crippen LogP contribution is -2.51. The Hall–Kier alpha value is -1.56. The van der Waals surface area contributed by atoms with Crippen LogP contribution in [-0.2, 0) is 20.2 Å². The van der Waals surface area contributed by atoms with E-state index in [-0.39, 0.29) is 33.3 Å². The number of halogens is 2. The number of ketones is 1. The average molecular weight is 546 g/mol. The molecule has 0 radical (unpaired) electrons. The van der Waals surface area contributed by atoms with Crippen molar-refractivity contribution in [2.24, 2.45) is 0 Å². The molecule has 0 aliphatic carbocycles. The minimum Gasteiger partial charge on any atom is -0.299 e.